The zero-order valence-electron chi connectivity index (χ0n) is 15.4. The topological polar surface area (TPSA) is 127 Å². The van der Waals surface area contributed by atoms with Gasteiger partial charge in [-0.3, -0.25) is 0 Å². The van der Waals surface area contributed by atoms with Crippen molar-refractivity contribution in [3.63, 3.8) is 0 Å². The highest BCUT2D eigenvalue weighted by Gasteiger charge is 2.30. The molecule has 0 saturated heterocycles. The Labute approximate surface area is 153 Å². The number of hydrogen-bond donors (Lipinski definition) is 3. The van der Waals surface area contributed by atoms with Crippen LogP contribution < -0.4 is 16.4 Å². The minimum Gasteiger partial charge on any atom is -0.384 e. The number of amides is 2. The van der Waals surface area contributed by atoms with Crippen LogP contribution in [0.3, 0.4) is 0 Å². The summed E-state index contributed by atoms with van der Waals surface area (Å²) in [5.74, 6) is 0.513. The molecule has 0 aromatic carbocycles. The number of nitrogens with zero attached hydrogens (tertiary/aromatic N) is 2. The summed E-state index contributed by atoms with van der Waals surface area (Å²) in [4.78, 5) is 20.1. The number of rotatable bonds is 5. The first-order valence-corrected chi connectivity index (χ1v) is 10.0. The maximum atomic E-state index is 12.2. The highest BCUT2D eigenvalue weighted by atomic mass is 32.2. The van der Waals surface area contributed by atoms with Gasteiger partial charge in [0.2, 0.25) is 0 Å². The predicted molar refractivity (Wildman–Crippen MR) is 101 cm³/mol. The summed E-state index contributed by atoms with van der Waals surface area (Å²) in [6.07, 6.45) is 6.07. The van der Waals surface area contributed by atoms with Crippen LogP contribution in [-0.2, 0) is 21.0 Å². The van der Waals surface area contributed by atoms with Gasteiger partial charge in [-0.25, -0.2) is 23.2 Å². The number of carbonyl (C=O) groups excluding carboxylic acids is 1. The highest BCUT2D eigenvalue weighted by molar-refractivity contribution is 7.91. The summed E-state index contributed by atoms with van der Waals surface area (Å²) in [6.45, 7) is 5.21. The first-order chi connectivity index (χ1) is 12.1. The van der Waals surface area contributed by atoms with E-state index in [2.05, 4.69) is 20.6 Å². The maximum absolute atomic E-state index is 12.2. The number of hydrogen-bond acceptors (Lipinski definition) is 6. The van der Waals surface area contributed by atoms with E-state index < -0.39 is 20.5 Å². The summed E-state index contributed by atoms with van der Waals surface area (Å²) in [5.41, 5.74) is 6.40. The molecule has 4 N–H and O–H groups in total. The SMILES string of the molecule is CNC(=O)NC1=CCC(C)(c2nc(N)cc(CS(=O)(=O)C(C)C)n2)C=C1. The van der Waals surface area contributed by atoms with Crippen molar-refractivity contribution in [2.45, 2.75) is 43.6 Å². The molecular formula is C17H25N5O3S. The number of urea groups is 1. The third kappa shape index (κ3) is 4.60. The van der Waals surface area contributed by atoms with E-state index in [0.29, 0.717) is 23.6 Å². The van der Waals surface area contributed by atoms with Gasteiger partial charge in [-0.15, -0.1) is 0 Å². The molecule has 1 aromatic rings. The van der Waals surface area contributed by atoms with Gasteiger partial charge in [0, 0.05) is 24.2 Å². The Hall–Kier alpha value is -2.42. The van der Waals surface area contributed by atoms with Gasteiger partial charge in [0.05, 0.1) is 16.7 Å². The molecule has 0 radical (unpaired) electrons. The second kappa shape index (κ2) is 7.45. The van der Waals surface area contributed by atoms with Crippen molar-refractivity contribution in [1.29, 1.82) is 0 Å². The molecule has 0 saturated carbocycles. The molecule has 2 amide bonds. The molecule has 26 heavy (non-hydrogen) atoms. The van der Waals surface area contributed by atoms with Crippen molar-refractivity contribution in [2.75, 3.05) is 12.8 Å². The molecule has 142 valence electrons. The molecule has 0 aliphatic heterocycles. The van der Waals surface area contributed by atoms with Gasteiger partial charge in [-0.2, -0.15) is 0 Å². The Morgan fingerprint density at radius 3 is 2.62 bits per heavy atom. The summed E-state index contributed by atoms with van der Waals surface area (Å²) < 4.78 is 24.4. The summed E-state index contributed by atoms with van der Waals surface area (Å²) in [7, 11) is -1.75. The lowest BCUT2D eigenvalue weighted by molar-refractivity contribution is 0.245. The molecule has 1 unspecified atom stereocenters. The summed E-state index contributed by atoms with van der Waals surface area (Å²) in [5, 5.41) is 4.70. The van der Waals surface area contributed by atoms with Gasteiger partial charge < -0.3 is 16.4 Å². The van der Waals surface area contributed by atoms with Crippen LogP contribution in [0.25, 0.3) is 0 Å². The average molecular weight is 379 g/mol. The normalized spacial score (nSPS) is 20.0. The molecule has 9 heteroatoms. The van der Waals surface area contributed by atoms with Crippen LogP contribution in [-0.4, -0.2) is 36.7 Å². The van der Waals surface area contributed by atoms with Crippen molar-refractivity contribution >= 4 is 21.7 Å². The number of nitrogens with one attached hydrogen (secondary N) is 2. The highest BCUT2D eigenvalue weighted by Crippen LogP contribution is 2.31. The van der Waals surface area contributed by atoms with Crippen molar-refractivity contribution in [1.82, 2.24) is 20.6 Å². The van der Waals surface area contributed by atoms with E-state index in [-0.39, 0.29) is 17.6 Å². The van der Waals surface area contributed by atoms with Crippen molar-refractivity contribution in [3.8, 4) is 0 Å². The summed E-state index contributed by atoms with van der Waals surface area (Å²) in [6, 6.07) is 1.19. The van der Waals surface area contributed by atoms with Crippen LogP contribution in [0.4, 0.5) is 10.6 Å². The Morgan fingerprint density at radius 1 is 1.38 bits per heavy atom. The lowest BCUT2D eigenvalue weighted by atomic mass is 9.82. The van der Waals surface area contributed by atoms with Gasteiger partial charge in [0.1, 0.15) is 11.6 Å². The second-order valence-corrected chi connectivity index (χ2v) is 9.34. The average Bonchev–Trinajstić information content (AvgIpc) is 2.56. The van der Waals surface area contributed by atoms with Crippen LogP contribution >= 0.6 is 0 Å². The first-order valence-electron chi connectivity index (χ1n) is 8.29. The Morgan fingerprint density at radius 2 is 2.08 bits per heavy atom. The van der Waals surface area contributed by atoms with Crippen molar-refractivity contribution in [2.24, 2.45) is 0 Å². The number of nitrogen functional groups attached to an aromatic ring is 1. The van der Waals surface area contributed by atoms with Gasteiger partial charge in [-0.05, 0) is 33.3 Å². The van der Waals surface area contributed by atoms with Gasteiger partial charge >= 0.3 is 6.03 Å². The molecule has 2 rings (SSSR count). The fourth-order valence-electron chi connectivity index (χ4n) is 2.40. The van der Waals surface area contributed by atoms with Crippen LogP contribution in [0, 0.1) is 0 Å². The molecule has 0 bridgehead atoms. The van der Waals surface area contributed by atoms with Crippen molar-refractivity contribution in [3.05, 3.63) is 41.5 Å². The first kappa shape index (κ1) is 19.9. The zero-order chi connectivity index (χ0) is 19.5. The number of carbonyl (C=O) groups is 1. The Bertz CT molecular complexity index is 861. The minimum absolute atomic E-state index is 0.177. The number of aromatic nitrogens is 2. The number of anilines is 1. The van der Waals surface area contributed by atoms with Gasteiger partial charge in [-0.1, -0.05) is 12.2 Å². The summed E-state index contributed by atoms with van der Waals surface area (Å²) >= 11 is 0. The fourth-order valence-corrected chi connectivity index (χ4v) is 3.30. The lowest BCUT2D eigenvalue weighted by Crippen LogP contribution is -2.33. The molecule has 1 aliphatic rings. The van der Waals surface area contributed by atoms with Crippen molar-refractivity contribution < 1.29 is 13.2 Å². The molecule has 8 nitrogen and oxygen atoms in total. The third-order valence-corrected chi connectivity index (χ3v) is 6.37. The van der Waals surface area contributed by atoms with E-state index >= 15 is 0 Å². The van der Waals surface area contributed by atoms with E-state index in [9.17, 15) is 13.2 Å². The smallest absolute Gasteiger partial charge is 0.318 e. The number of allylic oxidation sites excluding steroid dienone is 3. The largest absolute Gasteiger partial charge is 0.384 e. The Kier molecular flexibility index (Phi) is 5.70. The predicted octanol–water partition coefficient (Wildman–Crippen LogP) is 1.41. The maximum Gasteiger partial charge on any atom is 0.318 e. The van der Waals surface area contributed by atoms with Gasteiger partial charge in [0.25, 0.3) is 0 Å². The number of sulfone groups is 1. The molecule has 0 spiro atoms. The molecule has 1 aliphatic carbocycles. The quantitative estimate of drug-likeness (QED) is 0.710. The van der Waals surface area contributed by atoms with Gasteiger partial charge in [0.15, 0.2) is 9.84 Å². The standard InChI is InChI=1S/C17H25N5O3S/c1-11(2)26(24,25)10-13-9-14(18)22-15(20-13)17(3)7-5-12(6-8-17)21-16(23)19-4/h5-7,9,11H,8,10H2,1-4H3,(H2,18,20,22)(H2,19,21,23). The molecule has 1 heterocycles. The van der Waals surface area contributed by atoms with E-state index in [4.69, 9.17) is 5.73 Å². The number of nitrogens with two attached hydrogens (primary N) is 1. The van der Waals surface area contributed by atoms with Crippen LogP contribution in [0.2, 0.25) is 0 Å². The Balaban J connectivity index is 2.27. The van der Waals surface area contributed by atoms with E-state index in [1.807, 2.05) is 19.1 Å². The molecule has 1 aromatic heterocycles. The fraction of sp³-hybridized carbons (Fsp3) is 0.471. The second-order valence-electron chi connectivity index (χ2n) is 6.78. The van der Waals surface area contributed by atoms with Crippen LogP contribution in [0.1, 0.15) is 38.7 Å². The molecule has 1 atom stereocenters. The zero-order valence-corrected chi connectivity index (χ0v) is 16.2. The minimum atomic E-state index is -3.29. The third-order valence-electron chi connectivity index (χ3n) is 4.24. The molecule has 0 fully saturated rings. The molecular weight excluding hydrogens is 354 g/mol. The lowest BCUT2D eigenvalue weighted by Gasteiger charge is -2.27. The van der Waals surface area contributed by atoms with Crippen LogP contribution in [0.15, 0.2) is 30.0 Å². The van der Waals surface area contributed by atoms with E-state index in [1.165, 1.54) is 6.07 Å². The van der Waals surface area contributed by atoms with E-state index in [0.717, 1.165) is 0 Å². The van der Waals surface area contributed by atoms with E-state index in [1.54, 1.807) is 27.0 Å². The van der Waals surface area contributed by atoms with Crippen LogP contribution in [0.5, 0.6) is 0 Å². The monoisotopic (exact) mass is 379 g/mol.